The van der Waals surface area contributed by atoms with Crippen LogP contribution in [0, 0.1) is 0 Å². The Balaban J connectivity index is 2.98. The summed E-state index contributed by atoms with van der Waals surface area (Å²) in [6, 6.07) is 0. The molecule has 0 fully saturated rings. The fourth-order valence-electron chi connectivity index (χ4n) is 0.207. The van der Waals surface area contributed by atoms with Crippen molar-refractivity contribution in [1.82, 2.24) is 0 Å². The summed E-state index contributed by atoms with van der Waals surface area (Å²) >= 11 is 0. The van der Waals surface area contributed by atoms with Crippen molar-refractivity contribution in [2.75, 3.05) is 0 Å². The van der Waals surface area contributed by atoms with Gasteiger partial charge in [0.05, 0.1) is 0 Å². The SMILES string of the molecule is CC1=C=NN=N1. The molecule has 1 aliphatic rings. The summed E-state index contributed by atoms with van der Waals surface area (Å²) in [7, 11) is 0. The summed E-state index contributed by atoms with van der Waals surface area (Å²) < 4.78 is 0. The van der Waals surface area contributed by atoms with Gasteiger partial charge in [0.25, 0.3) is 0 Å². The lowest BCUT2D eigenvalue weighted by Crippen LogP contribution is -1.54. The van der Waals surface area contributed by atoms with Gasteiger partial charge in [0.2, 0.25) is 0 Å². The van der Waals surface area contributed by atoms with Crippen LogP contribution in [0.15, 0.2) is 21.1 Å². The average molecular weight is 81.1 g/mol. The molecule has 1 aliphatic heterocycles. The van der Waals surface area contributed by atoms with E-state index in [1.54, 1.807) is 6.92 Å². The van der Waals surface area contributed by atoms with Crippen molar-refractivity contribution >= 4 is 5.87 Å². The van der Waals surface area contributed by atoms with Crippen molar-refractivity contribution in [3.63, 3.8) is 0 Å². The first-order valence-electron chi connectivity index (χ1n) is 1.60. The van der Waals surface area contributed by atoms with Gasteiger partial charge in [0, 0.05) is 5.87 Å². The molecule has 0 aromatic carbocycles. The lowest BCUT2D eigenvalue weighted by Gasteiger charge is -1.63. The van der Waals surface area contributed by atoms with E-state index < -0.39 is 0 Å². The Kier molecular flexibility index (Phi) is 0.557. The average Bonchev–Trinajstić information content (AvgIpc) is 1.86. The standard InChI is InChI=1S/C3H3N3/c1-3-2-4-6-5-3/h1H3. The highest BCUT2D eigenvalue weighted by Gasteiger charge is 1.82. The maximum Gasteiger partial charge on any atom is 0.125 e. The molecule has 0 N–H and O–H groups in total. The van der Waals surface area contributed by atoms with Gasteiger partial charge in [0.1, 0.15) is 5.70 Å². The van der Waals surface area contributed by atoms with Crippen LogP contribution in [0.1, 0.15) is 6.92 Å². The van der Waals surface area contributed by atoms with E-state index in [1.807, 2.05) is 0 Å². The Morgan fingerprint density at radius 3 is 2.67 bits per heavy atom. The van der Waals surface area contributed by atoms with E-state index in [4.69, 9.17) is 0 Å². The smallest absolute Gasteiger partial charge is 0.125 e. The third-order valence-corrected chi connectivity index (χ3v) is 0.451. The monoisotopic (exact) mass is 81.0 g/mol. The van der Waals surface area contributed by atoms with Crippen molar-refractivity contribution in [2.24, 2.45) is 15.4 Å². The van der Waals surface area contributed by atoms with Crippen LogP contribution < -0.4 is 0 Å². The molecule has 0 saturated carbocycles. The lowest BCUT2D eigenvalue weighted by molar-refractivity contribution is 1.06. The molecule has 1 heterocycles. The van der Waals surface area contributed by atoms with Gasteiger partial charge in [-0.3, -0.25) is 0 Å². The van der Waals surface area contributed by atoms with Crippen LogP contribution in [0.5, 0.6) is 0 Å². The predicted octanol–water partition coefficient (Wildman–Crippen LogP) is 0.941. The second-order valence-corrected chi connectivity index (χ2v) is 0.987. The molecular formula is C3H3N3. The highest BCUT2D eigenvalue weighted by atomic mass is 15.4. The summed E-state index contributed by atoms with van der Waals surface area (Å²) in [5.41, 5.74) is 0.745. The molecular weight excluding hydrogens is 78.1 g/mol. The quantitative estimate of drug-likeness (QED) is 0.416. The van der Waals surface area contributed by atoms with Crippen LogP contribution in [0.25, 0.3) is 0 Å². The zero-order valence-corrected chi connectivity index (χ0v) is 3.34. The maximum atomic E-state index is 3.50. The second-order valence-electron chi connectivity index (χ2n) is 0.987. The van der Waals surface area contributed by atoms with E-state index in [0.717, 1.165) is 5.70 Å². The van der Waals surface area contributed by atoms with Crippen LogP contribution in [0.3, 0.4) is 0 Å². The van der Waals surface area contributed by atoms with Crippen LogP contribution in [0.2, 0.25) is 0 Å². The summed E-state index contributed by atoms with van der Waals surface area (Å²) in [4.78, 5) is 0. The van der Waals surface area contributed by atoms with E-state index in [2.05, 4.69) is 21.3 Å². The van der Waals surface area contributed by atoms with Crippen molar-refractivity contribution in [3.8, 4) is 0 Å². The van der Waals surface area contributed by atoms with Gasteiger partial charge in [-0.05, 0) is 12.1 Å². The van der Waals surface area contributed by atoms with Crippen molar-refractivity contribution < 1.29 is 0 Å². The van der Waals surface area contributed by atoms with Gasteiger partial charge in [-0.25, -0.2) is 0 Å². The Bertz CT molecular complexity index is 138. The van der Waals surface area contributed by atoms with Gasteiger partial charge >= 0.3 is 0 Å². The Labute approximate surface area is 35.1 Å². The fraction of sp³-hybridized carbons (Fsp3) is 0.333. The molecule has 0 aliphatic carbocycles. The number of hydrogen-bond donors (Lipinski definition) is 0. The highest BCUT2D eigenvalue weighted by Crippen LogP contribution is 1.93. The summed E-state index contributed by atoms with van der Waals surface area (Å²) in [5, 5.41) is 10.1. The van der Waals surface area contributed by atoms with Crippen molar-refractivity contribution in [1.29, 1.82) is 0 Å². The molecule has 1 rings (SSSR count). The Morgan fingerprint density at radius 1 is 1.67 bits per heavy atom. The minimum absolute atomic E-state index is 0.745. The lowest BCUT2D eigenvalue weighted by atomic mass is 10.6. The molecule has 0 aromatic heterocycles. The van der Waals surface area contributed by atoms with Gasteiger partial charge in [-0.1, -0.05) is 5.10 Å². The minimum Gasteiger partial charge on any atom is -0.125 e. The predicted molar refractivity (Wildman–Crippen MR) is 21.5 cm³/mol. The minimum atomic E-state index is 0.745. The molecule has 3 heteroatoms. The van der Waals surface area contributed by atoms with Crippen LogP contribution in [0.4, 0.5) is 0 Å². The van der Waals surface area contributed by atoms with Gasteiger partial charge < -0.3 is 0 Å². The van der Waals surface area contributed by atoms with Gasteiger partial charge in [-0.15, -0.1) is 5.11 Å². The van der Waals surface area contributed by atoms with Crippen molar-refractivity contribution in [3.05, 3.63) is 5.70 Å². The molecule has 30 valence electrons. The molecule has 0 amide bonds. The topological polar surface area (TPSA) is 37.1 Å². The number of nitrogens with zero attached hydrogens (tertiary/aromatic N) is 3. The molecule has 0 spiro atoms. The highest BCUT2D eigenvalue weighted by molar-refractivity contribution is 5.57. The van der Waals surface area contributed by atoms with E-state index in [1.165, 1.54) is 0 Å². The molecule has 0 aromatic rings. The Morgan fingerprint density at radius 2 is 2.50 bits per heavy atom. The first-order valence-corrected chi connectivity index (χ1v) is 1.60. The molecule has 6 heavy (non-hydrogen) atoms. The molecule has 0 saturated heterocycles. The molecule has 0 radical (unpaired) electrons. The normalized spacial score (nSPS) is 15.8. The van der Waals surface area contributed by atoms with Crippen LogP contribution >= 0.6 is 0 Å². The van der Waals surface area contributed by atoms with E-state index in [0.29, 0.717) is 0 Å². The molecule has 0 bridgehead atoms. The Hall–Kier alpha value is -0.950. The number of hydrogen-bond acceptors (Lipinski definition) is 3. The zero-order chi connectivity index (χ0) is 4.41. The third kappa shape index (κ3) is 0.350. The van der Waals surface area contributed by atoms with Crippen LogP contribution in [-0.4, -0.2) is 5.87 Å². The zero-order valence-electron chi connectivity index (χ0n) is 3.34. The maximum absolute atomic E-state index is 3.50. The first kappa shape index (κ1) is 3.25. The van der Waals surface area contributed by atoms with Crippen LogP contribution in [-0.2, 0) is 0 Å². The van der Waals surface area contributed by atoms with E-state index in [9.17, 15) is 0 Å². The first-order chi connectivity index (χ1) is 2.89. The van der Waals surface area contributed by atoms with Gasteiger partial charge in [-0.2, -0.15) is 0 Å². The second kappa shape index (κ2) is 1.03. The number of rotatable bonds is 0. The molecule has 0 atom stereocenters. The van der Waals surface area contributed by atoms with E-state index >= 15 is 0 Å². The largest absolute Gasteiger partial charge is 0.125 e. The molecule has 3 nitrogen and oxygen atoms in total. The summed E-state index contributed by atoms with van der Waals surface area (Å²) in [6.45, 7) is 1.79. The summed E-state index contributed by atoms with van der Waals surface area (Å²) in [6.07, 6.45) is 0. The molecule has 0 unspecified atom stereocenters. The number of allylic oxidation sites excluding steroid dienone is 1. The van der Waals surface area contributed by atoms with E-state index in [-0.39, 0.29) is 0 Å². The third-order valence-electron chi connectivity index (χ3n) is 0.451. The fourth-order valence-corrected chi connectivity index (χ4v) is 0.207. The van der Waals surface area contributed by atoms with Gasteiger partial charge in [0.15, 0.2) is 0 Å². The summed E-state index contributed by atoms with van der Waals surface area (Å²) in [5.74, 6) is 2.53. The van der Waals surface area contributed by atoms with Crippen molar-refractivity contribution in [2.45, 2.75) is 6.92 Å².